The summed E-state index contributed by atoms with van der Waals surface area (Å²) < 4.78 is 14.1. The quantitative estimate of drug-likeness (QED) is 0.421. The number of aromatic nitrogens is 1. The van der Waals surface area contributed by atoms with Gasteiger partial charge < -0.3 is 14.8 Å². The Morgan fingerprint density at radius 3 is 2.69 bits per heavy atom. The van der Waals surface area contributed by atoms with Gasteiger partial charge in [0.15, 0.2) is 11.5 Å². The predicted octanol–water partition coefficient (Wildman–Crippen LogP) is 5.51. The van der Waals surface area contributed by atoms with Crippen LogP contribution in [-0.2, 0) is 0 Å². The lowest BCUT2D eigenvalue weighted by Crippen LogP contribution is -2.37. The number of nitrogens with one attached hydrogen (secondary N) is 1. The fraction of sp³-hybridized carbons (Fsp3) is 0.240. The van der Waals surface area contributed by atoms with Crippen LogP contribution in [0.3, 0.4) is 0 Å². The van der Waals surface area contributed by atoms with E-state index in [0.717, 1.165) is 47.4 Å². The van der Waals surface area contributed by atoms with E-state index in [4.69, 9.17) is 21.1 Å². The Hall–Kier alpha value is -2.80. The average molecular weight is 467 g/mol. The summed E-state index contributed by atoms with van der Waals surface area (Å²) in [6.45, 7) is 1.86. The molecule has 0 unspecified atom stereocenters. The molecule has 1 saturated heterocycles. The summed E-state index contributed by atoms with van der Waals surface area (Å²) in [6.07, 6.45) is 4.05. The summed E-state index contributed by atoms with van der Waals surface area (Å²) in [5.41, 5.74) is 1.73. The largest absolute Gasteiger partial charge is 0.493 e. The first-order valence-electron chi connectivity index (χ1n) is 10.6. The molecule has 164 valence electrons. The summed E-state index contributed by atoms with van der Waals surface area (Å²) in [4.78, 5) is 14.3. The van der Waals surface area contributed by atoms with Crippen molar-refractivity contribution in [1.29, 1.82) is 0 Å². The molecular formula is C25H23ClN2O3S. The SMILES string of the molecule is COc1cc(-n2ccc3cc(-c4ccc(Cl)cc4)sc3c2=O)ccc1O[C@@H]1CCCNC1. The molecule has 3 heterocycles. The standard InChI is InChI=1S/C25H23ClN2O3S/c1-30-22-14-19(8-9-21(22)31-20-3-2-11-27-15-20)28-12-10-17-13-23(32-24(17)25(28)29)16-4-6-18(26)7-5-16/h4-10,12-14,20,27H,2-3,11,15H2,1H3/t20-/m1/s1. The van der Waals surface area contributed by atoms with Crippen LogP contribution in [0.25, 0.3) is 26.2 Å². The van der Waals surface area contributed by atoms with E-state index in [2.05, 4.69) is 5.32 Å². The van der Waals surface area contributed by atoms with E-state index in [9.17, 15) is 4.79 Å². The van der Waals surface area contributed by atoms with E-state index >= 15 is 0 Å². The van der Waals surface area contributed by atoms with Gasteiger partial charge >= 0.3 is 0 Å². The molecule has 5 nitrogen and oxygen atoms in total. The molecule has 2 aromatic heterocycles. The maximum Gasteiger partial charge on any atom is 0.273 e. The van der Waals surface area contributed by atoms with E-state index in [0.29, 0.717) is 21.2 Å². The molecule has 1 atom stereocenters. The van der Waals surface area contributed by atoms with Crippen LogP contribution in [0.2, 0.25) is 5.02 Å². The first-order valence-corrected chi connectivity index (χ1v) is 11.8. The van der Waals surface area contributed by atoms with Gasteiger partial charge in [-0.1, -0.05) is 23.7 Å². The third kappa shape index (κ3) is 4.13. The molecular weight excluding hydrogens is 444 g/mol. The molecule has 0 aliphatic carbocycles. The summed E-state index contributed by atoms with van der Waals surface area (Å²) in [5, 5.41) is 4.98. The lowest BCUT2D eigenvalue weighted by Gasteiger charge is -2.25. The second kappa shape index (κ2) is 8.98. The highest BCUT2D eigenvalue weighted by Gasteiger charge is 2.18. The van der Waals surface area contributed by atoms with E-state index < -0.39 is 0 Å². The van der Waals surface area contributed by atoms with Crippen molar-refractivity contribution in [1.82, 2.24) is 9.88 Å². The third-order valence-electron chi connectivity index (χ3n) is 5.68. The van der Waals surface area contributed by atoms with Gasteiger partial charge in [-0.15, -0.1) is 11.3 Å². The van der Waals surface area contributed by atoms with Crippen LogP contribution >= 0.6 is 22.9 Å². The summed E-state index contributed by atoms with van der Waals surface area (Å²) in [5.74, 6) is 1.31. The van der Waals surface area contributed by atoms with Gasteiger partial charge in [0.05, 0.1) is 12.8 Å². The third-order valence-corrected chi connectivity index (χ3v) is 7.12. The summed E-state index contributed by atoms with van der Waals surface area (Å²) in [6, 6.07) is 17.3. The molecule has 7 heteroatoms. The van der Waals surface area contributed by atoms with E-state index in [1.807, 2.05) is 60.8 Å². The van der Waals surface area contributed by atoms with Crippen LogP contribution in [0.1, 0.15) is 12.8 Å². The van der Waals surface area contributed by atoms with Crippen molar-refractivity contribution in [2.24, 2.45) is 0 Å². The van der Waals surface area contributed by atoms with Crippen molar-refractivity contribution in [3.05, 3.63) is 76.2 Å². The van der Waals surface area contributed by atoms with Crippen LogP contribution in [0.4, 0.5) is 0 Å². The summed E-state index contributed by atoms with van der Waals surface area (Å²) >= 11 is 7.50. The zero-order chi connectivity index (χ0) is 22.1. The molecule has 1 aliphatic heterocycles. The fourth-order valence-electron chi connectivity index (χ4n) is 3.99. The molecule has 0 amide bonds. The molecule has 1 aliphatic rings. The molecule has 4 aromatic rings. The zero-order valence-corrected chi connectivity index (χ0v) is 19.2. The molecule has 1 N–H and O–H groups in total. The minimum Gasteiger partial charge on any atom is -0.493 e. The van der Waals surface area contributed by atoms with Crippen LogP contribution in [0, 0.1) is 0 Å². The number of fused-ring (bicyclic) bond motifs is 1. The summed E-state index contributed by atoms with van der Waals surface area (Å²) in [7, 11) is 1.62. The maximum atomic E-state index is 13.3. The Balaban J connectivity index is 1.49. The van der Waals surface area contributed by atoms with Crippen molar-refractivity contribution >= 4 is 33.0 Å². The van der Waals surface area contributed by atoms with Gasteiger partial charge in [0.25, 0.3) is 5.56 Å². The van der Waals surface area contributed by atoms with Gasteiger partial charge in [-0.2, -0.15) is 0 Å². The number of benzene rings is 2. The Kier molecular flexibility index (Phi) is 5.91. The number of halogens is 1. The van der Waals surface area contributed by atoms with E-state index in [1.54, 1.807) is 11.7 Å². The average Bonchev–Trinajstić information content (AvgIpc) is 3.26. The molecule has 5 rings (SSSR count). The Bertz CT molecular complexity index is 1310. The number of ether oxygens (including phenoxy) is 2. The highest BCUT2D eigenvalue weighted by molar-refractivity contribution is 7.22. The second-order valence-corrected chi connectivity index (χ2v) is 9.30. The first kappa shape index (κ1) is 21.1. The first-order chi connectivity index (χ1) is 15.6. The van der Waals surface area contributed by atoms with Crippen molar-refractivity contribution in [3.8, 4) is 27.6 Å². The smallest absolute Gasteiger partial charge is 0.273 e. The van der Waals surface area contributed by atoms with Crippen LogP contribution < -0.4 is 20.3 Å². The topological polar surface area (TPSA) is 52.5 Å². The van der Waals surface area contributed by atoms with Gasteiger partial charge in [-0.05, 0) is 61.3 Å². The number of nitrogens with zero attached hydrogens (tertiary/aromatic N) is 1. The minimum absolute atomic E-state index is 0.0556. The van der Waals surface area contributed by atoms with E-state index in [1.165, 1.54) is 11.3 Å². The lowest BCUT2D eigenvalue weighted by atomic mass is 10.1. The number of rotatable bonds is 5. The van der Waals surface area contributed by atoms with Crippen LogP contribution in [0.5, 0.6) is 11.5 Å². The molecule has 1 fully saturated rings. The van der Waals surface area contributed by atoms with Crippen LogP contribution in [-0.4, -0.2) is 30.9 Å². The van der Waals surface area contributed by atoms with Gasteiger partial charge in [-0.25, -0.2) is 0 Å². The zero-order valence-electron chi connectivity index (χ0n) is 17.6. The number of hydrogen-bond donors (Lipinski definition) is 1. The second-order valence-electron chi connectivity index (χ2n) is 7.81. The molecule has 32 heavy (non-hydrogen) atoms. The van der Waals surface area contributed by atoms with Crippen molar-refractivity contribution in [3.63, 3.8) is 0 Å². The van der Waals surface area contributed by atoms with Crippen molar-refractivity contribution in [2.45, 2.75) is 18.9 Å². The predicted molar refractivity (Wildman–Crippen MR) is 131 cm³/mol. The number of hydrogen-bond acceptors (Lipinski definition) is 5. The van der Waals surface area contributed by atoms with Crippen molar-refractivity contribution < 1.29 is 9.47 Å². The van der Waals surface area contributed by atoms with E-state index in [-0.39, 0.29) is 11.7 Å². The van der Waals surface area contributed by atoms with Gasteiger partial charge in [0.1, 0.15) is 10.8 Å². The highest BCUT2D eigenvalue weighted by atomic mass is 35.5. The molecule has 0 radical (unpaired) electrons. The van der Waals surface area contributed by atoms with Gasteiger partial charge in [0.2, 0.25) is 0 Å². The maximum absolute atomic E-state index is 13.3. The number of thiophene rings is 1. The Labute approximate surface area is 195 Å². The van der Waals surface area contributed by atoms with Gasteiger partial charge in [-0.3, -0.25) is 9.36 Å². The number of methoxy groups -OCH3 is 1. The minimum atomic E-state index is -0.0556. The van der Waals surface area contributed by atoms with Crippen LogP contribution in [0.15, 0.2) is 65.6 Å². The number of pyridine rings is 1. The monoisotopic (exact) mass is 466 g/mol. The highest BCUT2D eigenvalue weighted by Crippen LogP contribution is 2.34. The molecule has 0 saturated carbocycles. The lowest BCUT2D eigenvalue weighted by molar-refractivity contribution is 0.161. The van der Waals surface area contributed by atoms with Gasteiger partial charge in [0, 0.05) is 34.1 Å². The Morgan fingerprint density at radius 2 is 1.94 bits per heavy atom. The fourth-order valence-corrected chi connectivity index (χ4v) is 5.21. The normalized spacial score (nSPS) is 16.2. The molecule has 0 spiro atoms. The van der Waals surface area contributed by atoms with Crippen molar-refractivity contribution in [2.75, 3.05) is 20.2 Å². The molecule has 0 bridgehead atoms. The Morgan fingerprint density at radius 1 is 1.09 bits per heavy atom. The molecule has 2 aromatic carbocycles. The number of piperidine rings is 1.